The zero-order chi connectivity index (χ0) is 14.9. The second kappa shape index (κ2) is 5.86. The number of benzene rings is 1. The summed E-state index contributed by atoms with van der Waals surface area (Å²) < 4.78 is 0. The topological polar surface area (TPSA) is 32.3 Å². The first-order chi connectivity index (χ1) is 9.43. The SMILES string of the molecule is CNc1ccc(C(=O)N2CC(C)CC(C)C2C)c(C)c1. The fourth-order valence-electron chi connectivity index (χ4n) is 3.20. The first kappa shape index (κ1) is 14.9. The Morgan fingerprint density at radius 1 is 1.30 bits per heavy atom. The van der Waals surface area contributed by atoms with Gasteiger partial charge in [0.15, 0.2) is 0 Å². The summed E-state index contributed by atoms with van der Waals surface area (Å²) in [6, 6.07) is 6.28. The Morgan fingerprint density at radius 3 is 2.60 bits per heavy atom. The Balaban J connectivity index is 2.26. The number of piperidine rings is 1. The summed E-state index contributed by atoms with van der Waals surface area (Å²) >= 11 is 0. The van der Waals surface area contributed by atoms with Gasteiger partial charge in [-0.2, -0.15) is 0 Å². The number of likely N-dealkylation sites (tertiary alicyclic amines) is 1. The molecule has 3 unspecified atom stereocenters. The molecular formula is C17H26N2O. The van der Waals surface area contributed by atoms with Gasteiger partial charge in [0, 0.05) is 30.9 Å². The van der Waals surface area contributed by atoms with E-state index in [1.807, 2.05) is 32.2 Å². The van der Waals surface area contributed by atoms with Gasteiger partial charge in [-0.25, -0.2) is 0 Å². The van der Waals surface area contributed by atoms with Gasteiger partial charge >= 0.3 is 0 Å². The van der Waals surface area contributed by atoms with E-state index >= 15 is 0 Å². The minimum Gasteiger partial charge on any atom is -0.388 e. The van der Waals surface area contributed by atoms with Gasteiger partial charge in [0.25, 0.3) is 5.91 Å². The molecule has 1 aliphatic heterocycles. The standard InChI is InChI=1S/C17H26N2O/c1-11-8-12(2)14(4)19(10-11)17(20)16-7-6-15(18-5)9-13(16)3/h6-7,9,11-12,14,18H,8,10H2,1-5H3. The molecule has 2 rings (SSSR count). The smallest absolute Gasteiger partial charge is 0.254 e. The molecule has 3 nitrogen and oxygen atoms in total. The molecule has 1 heterocycles. The van der Waals surface area contributed by atoms with E-state index in [-0.39, 0.29) is 5.91 Å². The molecule has 1 aromatic rings. The van der Waals surface area contributed by atoms with Crippen molar-refractivity contribution in [2.45, 2.75) is 40.2 Å². The summed E-state index contributed by atoms with van der Waals surface area (Å²) in [6.45, 7) is 9.54. The monoisotopic (exact) mass is 274 g/mol. The van der Waals surface area contributed by atoms with Crippen LogP contribution in [0, 0.1) is 18.8 Å². The van der Waals surface area contributed by atoms with Crippen molar-refractivity contribution in [1.82, 2.24) is 4.90 Å². The summed E-state index contributed by atoms with van der Waals surface area (Å²) in [4.78, 5) is 14.9. The third-order valence-electron chi connectivity index (χ3n) is 4.60. The lowest BCUT2D eigenvalue weighted by Crippen LogP contribution is -2.49. The second-order valence-corrected chi connectivity index (χ2v) is 6.30. The number of nitrogens with one attached hydrogen (secondary N) is 1. The first-order valence-corrected chi connectivity index (χ1v) is 7.53. The van der Waals surface area contributed by atoms with Crippen molar-refractivity contribution in [3.63, 3.8) is 0 Å². The van der Waals surface area contributed by atoms with Crippen LogP contribution in [-0.4, -0.2) is 30.4 Å². The van der Waals surface area contributed by atoms with Crippen molar-refractivity contribution < 1.29 is 4.79 Å². The third kappa shape index (κ3) is 2.82. The van der Waals surface area contributed by atoms with E-state index in [0.717, 1.165) is 23.4 Å². The Morgan fingerprint density at radius 2 is 2.00 bits per heavy atom. The largest absolute Gasteiger partial charge is 0.388 e. The molecule has 110 valence electrons. The van der Waals surface area contributed by atoms with Gasteiger partial charge in [-0.05, 0) is 55.9 Å². The molecule has 0 aliphatic carbocycles. The van der Waals surface area contributed by atoms with Crippen LogP contribution in [0.1, 0.15) is 43.1 Å². The molecule has 1 saturated heterocycles. The molecule has 1 fully saturated rings. The summed E-state index contributed by atoms with van der Waals surface area (Å²) in [6.07, 6.45) is 1.21. The molecule has 1 aromatic carbocycles. The predicted molar refractivity (Wildman–Crippen MR) is 84.2 cm³/mol. The highest BCUT2D eigenvalue weighted by Crippen LogP contribution is 2.29. The van der Waals surface area contributed by atoms with E-state index in [2.05, 4.69) is 31.0 Å². The Hall–Kier alpha value is -1.51. The third-order valence-corrected chi connectivity index (χ3v) is 4.60. The minimum atomic E-state index is 0.177. The molecule has 0 radical (unpaired) electrons. The fourth-order valence-corrected chi connectivity index (χ4v) is 3.20. The number of rotatable bonds is 2. The van der Waals surface area contributed by atoms with Crippen molar-refractivity contribution in [3.8, 4) is 0 Å². The van der Waals surface area contributed by atoms with Gasteiger partial charge < -0.3 is 10.2 Å². The average Bonchev–Trinajstić information content (AvgIpc) is 2.41. The van der Waals surface area contributed by atoms with Gasteiger partial charge in [-0.15, -0.1) is 0 Å². The van der Waals surface area contributed by atoms with Crippen LogP contribution >= 0.6 is 0 Å². The van der Waals surface area contributed by atoms with Crippen LogP contribution in [0.3, 0.4) is 0 Å². The van der Waals surface area contributed by atoms with E-state index in [0.29, 0.717) is 17.9 Å². The number of hydrogen-bond donors (Lipinski definition) is 1. The van der Waals surface area contributed by atoms with E-state index in [1.165, 1.54) is 6.42 Å². The van der Waals surface area contributed by atoms with Crippen LogP contribution in [0.4, 0.5) is 5.69 Å². The number of aryl methyl sites for hydroxylation is 1. The maximum atomic E-state index is 12.8. The molecule has 0 saturated carbocycles. The van der Waals surface area contributed by atoms with Crippen molar-refractivity contribution in [3.05, 3.63) is 29.3 Å². The van der Waals surface area contributed by atoms with Crippen molar-refractivity contribution in [1.29, 1.82) is 0 Å². The predicted octanol–water partition coefficient (Wildman–Crippen LogP) is 3.54. The van der Waals surface area contributed by atoms with Crippen molar-refractivity contribution in [2.24, 2.45) is 11.8 Å². The van der Waals surface area contributed by atoms with Gasteiger partial charge in [-0.1, -0.05) is 13.8 Å². The lowest BCUT2D eigenvalue weighted by Gasteiger charge is -2.41. The molecule has 1 aliphatic rings. The fraction of sp³-hybridized carbons (Fsp3) is 0.588. The highest BCUT2D eigenvalue weighted by Gasteiger charge is 2.32. The molecule has 3 atom stereocenters. The van der Waals surface area contributed by atoms with Crippen LogP contribution in [-0.2, 0) is 0 Å². The van der Waals surface area contributed by atoms with Gasteiger partial charge in [0.1, 0.15) is 0 Å². The van der Waals surface area contributed by atoms with E-state index < -0.39 is 0 Å². The number of nitrogens with zero attached hydrogens (tertiary/aromatic N) is 1. The number of carbonyl (C=O) groups excluding carboxylic acids is 1. The van der Waals surface area contributed by atoms with E-state index in [4.69, 9.17) is 0 Å². The van der Waals surface area contributed by atoms with Crippen LogP contribution in [0.25, 0.3) is 0 Å². The summed E-state index contributed by atoms with van der Waals surface area (Å²) in [5.41, 5.74) is 2.92. The number of hydrogen-bond acceptors (Lipinski definition) is 2. The molecule has 1 N–H and O–H groups in total. The molecule has 0 bridgehead atoms. The molecular weight excluding hydrogens is 248 g/mol. The summed E-state index contributed by atoms with van der Waals surface area (Å²) in [5.74, 6) is 1.33. The van der Waals surface area contributed by atoms with Crippen molar-refractivity contribution >= 4 is 11.6 Å². The van der Waals surface area contributed by atoms with E-state index in [9.17, 15) is 4.79 Å². The summed E-state index contributed by atoms with van der Waals surface area (Å²) in [7, 11) is 1.90. The number of carbonyl (C=O) groups is 1. The highest BCUT2D eigenvalue weighted by atomic mass is 16.2. The molecule has 1 amide bonds. The highest BCUT2D eigenvalue weighted by molar-refractivity contribution is 5.96. The van der Waals surface area contributed by atoms with Crippen LogP contribution in [0.15, 0.2) is 18.2 Å². The lowest BCUT2D eigenvalue weighted by atomic mass is 9.85. The maximum absolute atomic E-state index is 12.8. The zero-order valence-electron chi connectivity index (χ0n) is 13.2. The Bertz CT molecular complexity index is 498. The first-order valence-electron chi connectivity index (χ1n) is 7.53. The summed E-state index contributed by atoms with van der Waals surface area (Å²) in [5, 5.41) is 3.11. The molecule has 20 heavy (non-hydrogen) atoms. The van der Waals surface area contributed by atoms with Gasteiger partial charge in [0.05, 0.1) is 0 Å². The number of amides is 1. The van der Waals surface area contributed by atoms with Gasteiger partial charge in [-0.3, -0.25) is 4.79 Å². The normalized spacial score (nSPS) is 26.4. The van der Waals surface area contributed by atoms with Crippen molar-refractivity contribution in [2.75, 3.05) is 18.9 Å². The maximum Gasteiger partial charge on any atom is 0.254 e. The quantitative estimate of drug-likeness (QED) is 0.894. The lowest BCUT2D eigenvalue weighted by molar-refractivity contribution is 0.0455. The van der Waals surface area contributed by atoms with Crippen LogP contribution in [0.2, 0.25) is 0 Å². The zero-order valence-corrected chi connectivity index (χ0v) is 13.2. The number of anilines is 1. The van der Waals surface area contributed by atoms with Crippen LogP contribution in [0.5, 0.6) is 0 Å². The van der Waals surface area contributed by atoms with Crippen LogP contribution < -0.4 is 5.32 Å². The second-order valence-electron chi connectivity index (χ2n) is 6.30. The average molecular weight is 274 g/mol. The minimum absolute atomic E-state index is 0.177. The Kier molecular flexibility index (Phi) is 4.36. The molecule has 3 heteroatoms. The molecule has 0 spiro atoms. The molecule has 0 aromatic heterocycles. The van der Waals surface area contributed by atoms with Gasteiger partial charge in [0.2, 0.25) is 0 Å². The van der Waals surface area contributed by atoms with E-state index in [1.54, 1.807) is 0 Å². The Labute approximate surface area is 122 Å².